The van der Waals surface area contributed by atoms with Gasteiger partial charge >= 0.3 is 0 Å². The summed E-state index contributed by atoms with van der Waals surface area (Å²) in [6, 6.07) is 6.27. The second kappa shape index (κ2) is 8.06. The van der Waals surface area contributed by atoms with Gasteiger partial charge in [0.15, 0.2) is 0 Å². The molecule has 2 aliphatic rings. The van der Waals surface area contributed by atoms with Gasteiger partial charge in [0.05, 0.1) is 21.8 Å². The predicted octanol–water partition coefficient (Wildman–Crippen LogP) is 3.73. The zero-order valence-electron chi connectivity index (χ0n) is 14.5. The summed E-state index contributed by atoms with van der Waals surface area (Å²) in [5, 5.41) is 0. The first-order valence-corrected chi connectivity index (χ1v) is 11.3. The normalized spacial score (nSPS) is 22.9. The number of thiazole rings is 1. The quantitative estimate of drug-likeness (QED) is 0.819. The summed E-state index contributed by atoms with van der Waals surface area (Å²) >= 11 is 3.61. The van der Waals surface area contributed by atoms with Crippen molar-refractivity contribution in [2.75, 3.05) is 37.7 Å². The van der Waals surface area contributed by atoms with Gasteiger partial charge in [-0.15, -0.1) is 11.3 Å². The van der Waals surface area contributed by atoms with E-state index < -0.39 is 0 Å². The molecule has 0 radical (unpaired) electrons. The van der Waals surface area contributed by atoms with E-state index in [1.165, 1.54) is 32.4 Å². The number of piperidine rings is 1. The van der Waals surface area contributed by atoms with Gasteiger partial charge in [-0.25, -0.2) is 4.98 Å². The lowest BCUT2D eigenvalue weighted by Gasteiger charge is -2.35. The molecule has 0 saturated carbocycles. The number of carbonyl (C=O) groups is 1. The van der Waals surface area contributed by atoms with Crippen LogP contribution in [0.5, 0.6) is 0 Å². The molecule has 0 spiro atoms. The molecular formula is C19H25N3OS2. The summed E-state index contributed by atoms with van der Waals surface area (Å²) in [4.78, 5) is 22.3. The molecule has 2 fully saturated rings. The van der Waals surface area contributed by atoms with Gasteiger partial charge in [-0.3, -0.25) is 4.79 Å². The number of benzene rings is 1. The number of amides is 1. The van der Waals surface area contributed by atoms with Gasteiger partial charge in [0.2, 0.25) is 0 Å². The molecule has 25 heavy (non-hydrogen) atoms. The fraction of sp³-hybridized carbons (Fsp3) is 0.579. The molecule has 1 unspecified atom stereocenters. The molecule has 1 aromatic carbocycles. The van der Waals surface area contributed by atoms with E-state index in [0.29, 0.717) is 6.04 Å². The largest absolute Gasteiger partial charge is 0.334 e. The van der Waals surface area contributed by atoms with Crippen LogP contribution in [-0.2, 0) is 0 Å². The molecule has 1 aromatic heterocycles. The summed E-state index contributed by atoms with van der Waals surface area (Å²) in [6.45, 7) is 4.29. The van der Waals surface area contributed by atoms with Crippen LogP contribution in [0.3, 0.4) is 0 Å². The Morgan fingerprint density at radius 3 is 2.92 bits per heavy atom. The highest BCUT2D eigenvalue weighted by Gasteiger charge is 2.28. The van der Waals surface area contributed by atoms with Crippen molar-refractivity contribution in [2.24, 2.45) is 0 Å². The van der Waals surface area contributed by atoms with Crippen LogP contribution >= 0.6 is 23.1 Å². The molecule has 1 amide bonds. The van der Waals surface area contributed by atoms with Gasteiger partial charge in [0.25, 0.3) is 5.91 Å². The van der Waals surface area contributed by atoms with Crippen molar-refractivity contribution in [3.8, 4) is 0 Å². The number of thioether (sulfide) groups is 1. The van der Waals surface area contributed by atoms with Gasteiger partial charge in [0, 0.05) is 24.4 Å². The Labute approximate surface area is 157 Å². The number of fused-ring (bicyclic) bond motifs is 1. The standard InChI is InChI=1S/C19H25N3OS2/c23-19(15-5-6-17-18(11-15)25-14-20-17)22-9-4-10-24-13-16(22)12-21-7-2-1-3-8-21/h5-6,11,14,16H,1-4,7-10,12-13H2. The van der Waals surface area contributed by atoms with E-state index in [1.807, 2.05) is 35.5 Å². The maximum absolute atomic E-state index is 13.3. The monoisotopic (exact) mass is 375 g/mol. The zero-order chi connectivity index (χ0) is 17.1. The number of carbonyl (C=O) groups excluding carboxylic acids is 1. The maximum atomic E-state index is 13.3. The third kappa shape index (κ3) is 4.01. The van der Waals surface area contributed by atoms with E-state index in [0.717, 1.165) is 46.8 Å². The van der Waals surface area contributed by atoms with Gasteiger partial charge in [-0.2, -0.15) is 11.8 Å². The molecule has 2 aromatic rings. The van der Waals surface area contributed by atoms with Gasteiger partial charge in [-0.1, -0.05) is 6.42 Å². The minimum Gasteiger partial charge on any atom is -0.334 e. The molecule has 134 valence electrons. The van der Waals surface area contributed by atoms with Crippen molar-refractivity contribution >= 4 is 39.2 Å². The van der Waals surface area contributed by atoms with Crippen molar-refractivity contribution in [2.45, 2.75) is 31.7 Å². The Balaban J connectivity index is 1.53. The van der Waals surface area contributed by atoms with Gasteiger partial charge in [-0.05, 0) is 56.3 Å². The smallest absolute Gasteiger partial charge is 0.254 e. The third-order valence-electron chi connectivity index (χ3n) is 5.20. The molecule has 0 aliphatic carbocycles. The molecule has 2 aliphatic heterocycles. The lowest BCUT2D eigenvalue weighted by atomic mass is 10.1. The SMILES string of the molecule is O=C(c1ccc2ncsc2c1)N1CCCSCC1CN1CCCCC1. The van der Waals surface area contributed by atoms with Crippen molar-refractivity contribution in [1.29, 1.82) is 0 Å². The van der Waals surface area contributed by atoms with E-state index in [4.69, 9.17) is 0 Å². The average molecular weight is 376 g/mol. The van der Waals surface area contributed by atoms with E-state index in [-0.39, 0.29) is 5.91 Å². The minimum absolute atomic E-state index is 0.194. The second-order valence-corrected chi connectivity index (χ2v) is 9.01. The van der Waals surface area contributed by atoms with Crippen molar-refractivity contribution < 1.29 is 4.79 Å². The second-order valence-electron chi connectivity index (χ2n) is 6.98. The maximum Gasteiger partial charge on any atom is 0.254 e. The molecule has 4 rings (SSSR count). The van der Waals surface area contributed by atoms with E-state index in [2.05, 4.69) is 14.8 Å². The van der Waals surface area contributed by atoms with Crippen molar-refractivity contribution in [3.05, 3.63) is 29.3 Å². The number of hydrogen-bond acceptors (Lipinski definition) is 5. The highest BCUT2D eigenvalue weighted by atomic mass is 32.2. The van der Waals surface area contributed by atoms with Crippen LogP contribution in [0, 0.1) is 0 Å². The molecule has 1 atom stereocenters. The Kier molecular flexibility index (Phi) is 5.58. The summed E-state index contributed by atoms with van der Waals surface area (Å²) in [5.41, 5.74) is 3.64. The molecule has 2 saturated heterocycles. The third-order valence-corrected chi connectivity index (χ3v) is 7.18. The number of nitrogens with zero attached hydrogens (tertiary/aromatic N) is 3. The van der Waals surface area contributed by atoms with Crippen LogP contribution in [0.2, 0.25) is 0 Å². The van der Waals surface area contributed by atoms with E-state index >= 15 is 0 Å². The van der Waals surface area contributed by atoms with Crippen LogP contribution in [0.25, 0.3) is 10.2 Å². The Morgan fingerprint density at radius 2 is 2.04 bits per heavy atom. The fourth-order valence-electron chi connectivity index (χ4n) is 3.84. The summed E-state index contributed by atoms with van der Waals surface area (Å²) in [5.74, 6) is 2.42. The molecule has 3 heterocycles. The summed E-state index contributed by atoms with van der Waals surface area (Å²) in [6.07, 6.45) is 5.05. The number of rotatable bonds is 3. The first-order chi connectivity index (χ1) is 12.3. The molecular weight excluding hydrogens is 350 g/mol. The summed E-state index contributed by atoms with van der Waals surface area (Å²) < 4.78 is 1.10. The van der Waals surface area contributed by atoms with Crippen LogP contribution in [0.1, 0.15) is 36.0 Å². The average Bonchev–Trinajstić information content (AvgIpc) is 3.00. The lowest BCUT2D eigenvalue weighted by molar-refractivity contribution is 0.0646. The molecule has 6 heteroatoms. The lowest BCUT2D eigenvalue weighted by Crippen LogP contribution is -2.49. The Hall–Kier alpha value is -1.11. The zero-order valence-corrected chi connectivity index (χ0v) is 16.2. The molecule has 4 nitrogen and oxygen atoms in total. The molecule has 0 N–H and O–H groups in total. The van der Waals surface area contributed by atoms with Crippen LogP contribution in [-0.4, -0.2) is 64.4 Å². The minimum atomic E-state index is 0.194. The number of hydrogen-bond donors (Lipinski definition) is 0. The van der Waals surface area contributed by atoms with Gasteiger partial charge < -0.3 is 9.80 Å². The highest BCUT2D eigenvalue weighted by Crippen LogP contribution is 2.24. The predicted molar refractivity (Wildman–Crippen MR) is 107 cm³/mol. The van der Waals surface area contributed by atoms with E-state index in [1.54, 1.807) is 11.3 Å². The number of aromatic nitrogens is 1. The highest BCUT2D eigenvalue weighted by molar-refractivity contribution is 7.99. The van der Waals surface area contributed by atoms with Crippen molar-refractivity contribution in [3.63, 3.8) is 0 Å². The topological polar surface area (TPSA) is 36.4 Å². The van der Waals surface area contributed by atoms with Gasteiger partial charge in [0.1, 0.15) is 0 Å². The van der Waals surface area contributed by atoms with Crippen LogP contribution < -0.4 is 0 Å². The first kappa shape index (κ1) is 17.3. The first-order valence-electron chi connectivity index (χ1n) is 9.25. The number of likely N-dealkylation sites (tertiary alicyclic amines) is 1. The Bertz CT molecular complexity index is 726. The van der Waals surface area contributed by atoms with Crippen LogP contribution in [0.15, 0.2) is 23.7 Å². The fourth-order valence-corrected chi connectivity index (χ4v) is 5.62. The van der Waals surface area contributed by atoms with Crippen molar-refractivity contribution in [1.82, 2.24) is 14.8 Å². The van der Waals surface area contributed by atoms with Crippen LogP contribution in [0.4, 0.5) is 0 Å². The summed E-state index contributed by atoms with van der Waals surface area (Å²) in [7, 11) is 0. The Morgan fingerprint density at radius 1 is 1.16 bits per heavy atom. The molecule has 0 bridgehead atoms. The van der Waals surface area contributed by atoms with E-state index in [9.17, 15) is 4.79 Å².